The highest BCUT2D eigenvalue weighted by Crippen LogP contribution is 2.25. The van der Waals surface area contributed by atoms with Crippen molar-refractivity contribution in [3.8, 4) is 11.4 Å². The molecule has 2 aromatic rings. The van der Waals surface area contributed by atoms with Crippen LogP contribution in [0.3, 0.4) is 0 Å². The lowest BCUT2D eigenvalue weighted by Crippen LogP contribution is -2.35. The second-order valence-corrected chi connectivity index (χ2v) is 5.83. The molecule has 0 bridgehead atoms. The predicted octanol–water partition coefficient (Wildman–Crippen LogP) is 0.310. The Labute approximate surface area is 132 Å². The Balaban J connectivity index is 0.000000463. The van der Waals surface area contributed by atoms with Crippen LogP contribution in [0.5, 0.6) is 5.75 Å². The monoisotopic (exact) mass is 340 g/mol. The van der Waals surface area contributed by atoms with Crippen LogP contribution in [-0.4, -0.2) is 40.8 Å². The molecule has 1 amide bonds. The highest BCUT2D eigenvalue weighted by molar-refractivity contribution is 7.85. The molecule has 0 atom stereocenters. The summed E-state index contributed by atoms with van der Waals surface area (Å²) in [5.41, 5.74) is 5.63. The number of rotatable bonds is 2. The van der Waals surface area contributed by atoms with Gasteiger partial charge in [-0.15, -0.1) is 0 Å². The number of nitrogens with two attached hydrogens (primary N) is 1. The van der Waals surface area contributed by atoms with Gasteiger partial charge in [0.2, 0.25) is 0 Å². The van der Waals surface area contributed by atoms with E-state index in [0.717, 1.165) is 0 Å². The number of nitrogens with zero attached hydrogens (tertiary/aromatic N) is 1. The average molecular weight is 340 g/mol. The average Bonchev–Trinajstić information content (AvgIpc) is 2.89. The molecule has 0 radical (unpaired) electrons. The van der Waals surface area contributed by atoms with Gasteiger partial charge in [-0.1, -0.05) is 6.07 Å². The highest BCUT2D eigenvalue weighted by Gasteiger charge is 2.15. The summed E-state index contributed by atoms with van der Waals surface area (Å²) in [5, 5.41) is 19.2. The zero-order valence-corrected chi connectivity index (χ0v) is 12.9. The fourth-order valence-corrected chi connectivity index (χ4v) is 1.61. The number of benzene rings is 1. The number of hydrogen-bond acceptors (Lipinski definition) is 5. The van der Waals surface area contributed by atoms with Gasteiger partial charge in [0.1, 0.15) is 0 Å². The van der Waals surface area contributed by atoms with E-state index in [9.17, 15) is 18.3 Å². The Kier molecular flexibility index (Phi) is 5.87. The van der Waals surface area contributed by atoms with Crippen molar-refractivity contribution in [2.75, 3.05) is 6.26 Å². The maximum Gasteiger partial charge on any atom is 0.261 e. The summed E-state index contributed by atoms with van der Waals surface area (Å²) in [5.74, 6) is -1.24. The molecular formula is C13H16N4O5S. The number of guanidine groups is 1. The number of carbonyl (C=O) groups is 1. The molecule has 0 saturated carbocycles. The molecule has 0 spiro atoms. The van der Waals surface area contributed by atoms with Gasteiger partial charge in [-0.3, -0.25) is 20.1 Å². The number of phenols is 1. The molecule has 0 aliphatic carbocycles. The van der Waals surface area contributed by atoms with E-state index in [1.165, 1.54) is 6.07 Å². The van der Waals surface area contributed by atoms with Crippen molar-refractivity contribution in [2.24, 2.45) is 5.73 Å². The number of nitrogens with one attached hydrogen (secondary N) is 2. The molecule has 0 saturated heterocycles. The van der Waals surface area contributed by atoms with E-state index in [1.807, 2.05) is 12.1 Å². The molecular weight excluding hydrogens is 324 g/mol. The summed E-state index contributed by atoms with van der Waals surface area (Å²) in [7, 11) is -3.67. The number of carbonyl (C=O) groups excluding carboxylic acids is 1. The number of hydrogen-bond donors (Lipinski definition) is 5. The smallest absolute Gasteiger partial charge is 0.261 e. The van der Waals surface area contributed by atoms with Crippen molar-refractivity contribution in [2.45, 2.75) is 0 Å². The van der Waals surface area contributed by atoms with E-state index < -0.39 is 22.0 Å². The molecule has 0 aliphatic rings. The van der Waals surface area contributed by atoms with Gasteiger partial charge in [0, 0.05) is 12.4 Å². The standard InChI is InChI=1S/C12H12N4O2.CH4O3S/c13-12(14)15-11(18)8-4-3-5-9(10(8)17)16-6-1-2-7-16;1-5(2,3)4/h1-7,17H,(H4,13,14,15,18);1H3,(H,2,3,4). The normalized spacial score (nSPS) is 10.3. The number of aromatic hydroxyl groups is 1. The van der Waals surface area contributed by atoms with Crippen LogP contribution >= 0.6 is 0 Å². The van der Waals surface area contributed by atoms with E-state index >= 15 is 0 Å². The van der Waals surface area contributed by atoms with Crippen molar-refractivity contribution in [3.05, 3.63) is 48.3 Å². The summed E-state index contributed by atoms with van der Waals surface area (Å²) >= 11 is 0. The van der Waals surface area contributed by atoms with Crippen molar-refractivity contribution in [1.29, 1.82) is 5.41 Å². The summed E-state index contributed by atoms with van der Waals surface area (Å²) < 4.78 is 27.5. The molecule has 1 aromatic heterocycles. The number of amides is 1. The van der Waals surface area contributed by atoms with Crippen LogP contribution < -0.4 is 11.1 Å². The van der Waals surface area contributed by atoms with Gasteiger partial charge >= 0.3 is 0 Å². The first-order valence-electron chi connectivity index (χ1n) is 6.12. The Bertz CT molecular complexity index is 792. The van der Waals surface area contributed by atoms with Crippen LogP contribution in [-0.2, 0) is 10.1 Å². The van der Waals surface area contributed by atoms with E-state index in [2.05, 4.69) is 5.32 Å². The summed E-state index contributed by atoms with van der Waals surface area (Å²) in [4.78, 5) is 11.7. The molecule has 124 valence electrons. The fourth-order valence-electron chi connectivity index (χ4n) is 1.61. The van der Waals surface area contributed by atoms with Crippen LogP contribution in [0, 0.1) is 5.41 Å². The third-order valence-corrected chi connectivity index (χ3v) is 2.39. The molecule has 10 heteroatoms. The summed E-state index contributed by atoms with van der Waals surface area (Å²) in [6.45, 7) is 0. The van der Waals surface area contributed by atoms with E-state index in [-0.39, 0.29) is 11.3 Å². The largest absolute Gasteiger partial charge is 0.505 e. The Morgan fingerprint density at radius 3 is 2.26 bits per heavy atom. The van der Waals surface area contributed by atoms with Crippen molar-refractivity contribution < 1.29 is 22.9 Å². The van der Waals surface area contributed by atoms with Gasteiger partial charge in [-0.2, -0.15) is 8.42 Å². The zero-order valence-electron chi connectivity index (χ0n) is 12.1. The van der Waals surface area contributed by atoms with Gasteiger partial charge in [0.15, 0.2) is 11.7 Å². The molecule has 6 N–H and O–H groups in total. The van der Waals surface area contributed by atoms with Crippen molar-refractivity contribution in [1.82, 2.24) is 9.88 Å². The minimum atomic E-state index is -3.67. The zero-order chi connectivity index (χ0) is 17.6. The first-order chi connectivity index (χ1) is 10.6. The van der Waals surface area contributed by atoms with Gasteiger partial charge < -0.3 is 15.4 Å². The molecule has 0 unspecified atom stereocenters. The van der Waals surface area contributed by atoms with E-state index in [1.54, 1.807) is 29.1 Å². The molecule has 9 nitrogen and oxygen atoms in total. The number of phenolic OH excluding ortho intramolecular Hbond substituents is 1. The minimum Gasteiger partial charge on any atom is -0.505 e. The van der Waals surface area contributed by atoms with Crippen LogP contribution in [0.25, 0.3) is 5.69 Å². The lowest BCUT2D eigenvalue weighted by molar-refractivity contribution is 0.0974. The number of para-hydroxylation sites is 1. The summed E-state index contributed by atoms with van der Waals surface area (Å²) in [6.07, 6.45) is 4.22. The first-order valence-corrected chi connectivity index (χ1v) is 7.97. The maximum absolute atomic E-state index is 11.7. The van der Waals surface area contributed by atoms with Crippen molar-refractivity contribution >= 4 is 22.0 Å². The van der Waals surface area contributed by atoms with Crippen LogP contribution in [0.1, 0.15) is 10.4 Å². The molecule has 0 fully saturated rings. The van der Waals surface area contributed by atoms with E-state index in [4.69, 9.17) is 15.7 Å². The SMILES string of the molecule is CS(=O)(=O)O.N=C(N)NC(=O)c1cccc(-n2cccc2)c1O. The Morgan fingerprint density at radius 1 is 1.26 bits per heavy atom. The summed E-state index contributed by atoms with van der Waals surface area (Å²) in [6, 6.07) is 8.40. The second kappa shape index (κ2) is 7.42. The first kappa shape index (κ1) is 18.2. The third-order valence-electron chi connectivity index (χ3n) is 2.39. The lowest BCUT2D eigenvalue weighted by Gasteiger charge is -2.10. The van der Waals surface area contributed by atoms with Gasteiger partial charge in [0.25, 0.3) is 16.0 Å². The Hall–Kier alpha value is -2.85. The molecule has 23 heavy (non-hydrogen) atoms. The lowest BCUT2D eigenvalue weighted by atomic mass is 10.1. The Morgan fingerprint density at radius 2 is 1.78 bits per heavy atom. The molecule has 1 aromatic carbocycles. The van der Waals surface area contributed by atoms with Gasteiger partial charge in [-0.05, 0) is 24.3 Å². The number of aromatic nitrogens is 1. The third kappa shape index (κ3) is 6.20. The topological polar surface area (TPSA) is 158 Å². The minimum absolute atomic E-state index is 0.0661. The molecule has 2 rings (SSSR count). The van der Waals surface area contributed by atoms with Crippen LogP contribution in [0.4, 0.5) is 0 Å². The molecule has 0 aliphatic heterocycles. The predicted molar refractivity (Wildman–Crippen MR) is 84.3 cm³/mol. The van der Waals surface area contributed by atoms with Gasteiger partial charge in [-0.25, -0.2) is 0 Å². The van der Waals surface area contributed by atoms with Crippen LogP contribution in [0.15, 0.2) is 42.7 Å². The highest BCUT2D eigenvalue weighted by atomic mass is 32.2. The quantitative estimate of drug-likeness (QED) is 0.300. The fraction of sp³-hybridized carbons (Fsp3) is 0.0769. The van der Waals surface area contributed by atoms with E-state index in [0.29, 0.717) is 11.9 Å². The van der Waals surface area contributed by atoms with Crippen LogP contribution in [0.2, 0.25) is 0 Å². The van der Waals surface area contributed by atoms with Gasteiger partial charge in [0.05, 0.1) is 17.5 Å². The van der Waals surface area contributed by atoms with Crippen molar-refractivity contribution in [3.63, 3.8) is 0 Å². The molecule has 1 heterocycles. The maximum atomic E-state index is 11.7. The second-order valence-electron chi connectivity index (χ2n) is 4.36.